The molecule has 2 aromatic rings. The molecule has 0 heterocycles. The minimum atomic E-state index is -0.329. The third kappa shape index (κ3) is 5.74. The van der Waals surface area contributed by atoms with E-state index in [9.17, 15) is 9.59 Å². The molecule has 0 aliphatic rings. The summed E-state index contributed by atoms with van der Waals surface area (Å²) in [5, 5.41) is 0. The van der Waals surface area contributed by atoms with Gasteiger partial charge in [-0.2, -0.15) is 0 Å². The number of para-hydroxylation sites is 1. The quantitative estimate of drug-likeness (QED) is 0.633. The Labute approximate surface area is 159 Å². The van der Waals surface area contributed by atoms with Gasteiger partial charge < -0.3 is 19.1 Å². The highest BCUT2D eigenvalue weighted by Crippen LogP contribution is 2.21. The van der Waals surface area contributed by atoms with Crippen LogP contribution < -0.4 is 9.47 Å². The lowest BCUT2D eigenvalue weighted by Gasteiger charge is -2.23. The predicted octanol–water partition coefficient (Wildman–Crippen LogP) is 3.30. The molecule has 6 heteroatoms. The fraction of sp³-hybridized carbons (Fsp3) is 0.333. The van der Waals surface area contributed by atoms with Crippen LogP contribution in [0, 0.1) is 0 Å². The molecule has 0 spiro atoms. The second-order valence-corrected chi connectivity index (χ2v) is 5.83. The molecule has 27 heavy (non-hydrogen) atoms. The molecule has 0 bridgehead atoms. The molecule has 0 saturated heterocycles. The highest BCUT2D eigenvalue weighted by Gasteiger charge is 2.20. The molecule has 1 amide bonds. The average molecular weight is 371 g/mol. The predicted molar refractivity (Wildman–Crippen MR) is 102 cm³/mol. The van der Waals surface area contributed by atoms with E-state index in [-0.39, 0.29) is 24.8 Å². The summed E-state index contributed by atoms with van der Waals surface area (Å²) in [5.41, 5.74) is 1.39. The van der Waals surface area contributed by atoms with E-state index >= 15 is 0 Å². The number of benzene rings is 2. The number of carbonyl (C=O) groups excluding carboxylic acids is 2. The number of hydrogen-bond donors (Lipinski definition) is 0. The number of esters is 1. The van der Waals surface area contributed by atoms with Gasteiger partial charge >= 0.3 is 5.97 Å². The van der Waals surface area contributed by atoms with Crippen molar-refractivity contribution in [3.8, 4) is 11.5 Å². The van der Waals surface area contributed by atoms with Gasteiger partial charge in [-0.1, -0.05) is 24.3 Å². The van der Waals surface area contributed by atoms with E-state index in [0.717, 1.165) is 11.3 Å². The number of ether oxygens (including phenoxy) is 3. The van der Waals surface area contributed by atoms with Crippen molar-refractivity contribution < 1.29 is 23.8 Å². The summed E-state index contributed by atoms with van der Waals surface area (Å²) in [6.45, 7) is 2.69. The molecule has 0 aliphatic heterocycles. The lowest BCUT2D eigenvalue weighted by Crippen LogP contribution is -2.33. The number of rotatable bonds is 9. The van der Waals surface area contributed by atoms with Gasteiger partial charge in [-0.05, 0) is 36.8 Å². The Hall–Kier alpha value is -3.02. The van der Waals surface area contributed by atoms with E-state index in [0.29, 0.717) is 24.5 Å². The Morgan fingerprint density at radius 1 is 0.963 bits per heavy atom. The topological polar surface area (TPSA) is 65.1 Å². The first-order valence-electron chi connectivity index (χ1n) is 8.79. The van der Waals surface area contributed by atoms with Crippen molar-refractivity contribution in [3.05, 3.63) is 59.7 Å². The zero-order valence-electron chi connectivity index (χ0n) is 15.9. The van der Waals surface area contributed by atoms with Gasteiger partial charge in [0.2, 0.25) is 0 Å². The standard InChI is InChI=1S/C21H25NO5/c1-4-27-20(23)13-14-22(15-16-9-11-17(25-2)12-10-16)21(24)18-7-5-6-8-19(18)26-3/h5-12H,4,13-15H2,1-3H3. The van der Waals surface area contributed by atoms with Crippen LogP contribution in [-0.4, -0.2) is 44.1 Å². The van der Waals surface area contributed by atoms with Crippen molar-refractivity contribution in [2.75, 3.05) is 27.4 Å². The monoisotopic (exact) mass is 371 g/mol. The maximum absolute atomic E-state index is 13.1. The van der Waals surface area contributed by atoms with Crippen LogP contribution in [0.25, 0.3) is 0 Å². The SMILES string of the molecule is CCOC(=O)CCN(Cc1ccc(OC)cc1)C(=O)c1ccccc1OC. The molecule has 2 aromatic carbocycles. The van der Waals surface area contributed by atoms with Gasteiger partial charge in [0.15, 0.2) is 0 Å². The Morgan fingerprint density at radius 2 is 1.67 bits per heavy atom. The molecule has 0 atom stereocenters. The summed E-state index contributed by atoms with van der Waals surface area (Å²) in [7, 11) is 3.13. The molecule has 0 unspecified atom stereocenters. The smallest absolute Gasteiger partial charge is 0.307 e. The summed E-state index contributed by atoms with van der Waals surface area (Å²) in [6.07, 6.45) is 0.130. The molecule has 0 N–H and O–H groups in total. The van der Waals surface area contributed by atoms with E-state index < -0.39 is 0 Å². The summed E-state index contributed by atoms with van der Waals surface area (Å²) < 4.78 is 15.5. The van der Waals surface area contributed by atoms with E-state index in [1.807, 2.05) is 30.3 Å². The van der Waals surface area contributed by atoms with Crippen molar-refractivity contribution in [2.45, 2.75) is 19.9 Å². The molecule has 0 aliphatic carbocycles. The van der Waals surface area contributed by atoms with Crippen LogP contribution in [0.5, 0.6) is 11.5 Å². The van der Waals surface area contributed by atoms with Crippen LogP contribution in [-0.2, 0) is 16.1 Å². The fourth-order valence-electron chi connectivity index (χ4n) is 2.65. The van der Waals surface area contributed by atoms with Gasteiger partial charge in [0.25, 0.3) is 5.91 Å². The molecule has 0 radical (unpaired) electrons. The Bertz CT molecular complexity index is 757. The third-order valence-electron chi connectivity index (χ3n) is 4.05. The lowest BCUT2D eigenvalue weighted by atomic mass is 10.1. The van der Waals surface area contributed by atoms with E-state index in [1.54, 1.807) is 37.1 Å². The van der Waals surface area contributed by atoms with Crippen LogP contribution in [0.4, 0.5) is 0 Å². The summed E-state index contributed by atoms with van der Waals surface area (Å²) in [4.78, 5) is 26.5. The minimum Gasteiger partial charge on any atom is -0.497 e. The molecule has 0 fully saturated rings. The lowest BCUT2D eigenvalue weighted by molar-refractivity contribution is -0.143. The molecular weight excluding hydrogens is 346 g/mol. The van der Waals surface area contributed by atoms with Crippen molar-refractivity contribution in [1.82, 2.24) is 4.90 Å². The number of methoxy groups -OCH3 is 2. The van der Waals surface area contributed by atoms with E-state index in [2.05, 4.69) is 0 Å². The van der Waals surface area contributed by atoms with E-state index in [4.69, 9.17) is 14.2 Å². The van der Waals surface area contributed by atoms with E-state index in [1.165, 1.54) is 7.11 Å². The zero-order chi connectivity index (χ0) is 19.6. The first-order chi connectivity index (χ1) is 13.1. The zero-order valence-corrected chi connectivity index (χ0v) is 15.9. The van der Waals surface area contributed by atoms with Gasteiger partial charge in [-0.3, -0.25) is 9.59 Å². The largest absolute Gasteiger partial charge is 0.497 e. The second-order valence-electron chi connectivity index (χ2n) is 5.83. The summed E-state index contributed by atoms with van der Waals surface area (Å²) >= 11 is 0. The fourth-order valence-corrected chi connectivity index (χ4v) is 2.65. The molecule has 2 rings (SSSR count). The van der Waals surface area contributed by atoms with Crippen LogP contribution in [0.2, 0.25) is 0 Å². The highest BCUT2D eigenvalue weighted by atomic mass is 16.5. The average Bonchev–Trinajstić information content (AvgIpc) is 2.71. The Balaban J connectivity index is 2.21. The van der Waals surface area contributed by atoms with Crippen LogP contribution in [0.1, 0.15) is 29.3 Å². The number of nitrogens with zero attached hydrogens (tertiary/aromatic N) is 1. The highest BCUT2D eigenvalue weighted by molar-refractivity contribution is 5.97. The number of amides is 1. The van der Waals surface area contributed by atoms with Gasteiger partial charge in [0, 0.05) is 13.1 Å². The van der Waals surface area contributed by atoms with Crippen LogP contribution in [0.3, 0.4) is 0 Å². The molecule has 144 valence electrons. The van der Waals surface area contributed by atoms with Crippen molar-refractivity contribution in [3.63, 3.8) is 0 Å². The molecular formula is C21H25NO5. The first kappa shape index (κ1) is 20.3. The molecule has 6 nitrogen and oxygen atoms in total. The first-order valence-corrected chi connectivity index (χ1v) is 8.79. The van der Waals surface area contributed by atoms with Gasteiger partial charge in [0.1, 0.15) is 11.5 Å². The number of hydrogen-bond acceptors (Lipinski definition) is 5. The van der Waals surface area contributed by atoms with Crippen LogP contribution in [0.15, 0.2) is 48.5 Å². The van der Waals surface area contributed by atoms with Crippen molar-refractivity contribution >= 4 is 11.9 Å². The third-order valence-corrected chi connectivity index (χ3v) is 4.05. The van der Waals surface area contributed by atoms with Gasteiger partial charge in [0.05, 0.1) is 32.8 Å². The molecule has 0 saturated carbocycles. The maximum Gasteiger partial charge on any atom is 0.307 e. The summed E-state index contributed by atoms with van der Waals surface area (Å²) in [5.74, 6) is 0.712. The van der Waals surface area contributed by atoms with Crippen molar-refractivity contribution in [2.24, 2.45) is 0 Å². The molecule has 0 aromatic heterocycles. The minimum absolute atomic E-state index is 0.130. The van der Waals surface area contributed by atoms with Gasteiger partial charge in [-0.15, -0.1) is 0 Å². The Kier molecular flexibility index (Phi) is 7.67. The number of carbonyl (C=O) groups is 2. The van der Waals surface area contributed by atoms with Gasteiger partial charge in [-0.25, -0.2) is 0 Å². The summed E-state index contributed by atoms with van der Waals surface area (Å²) in [6, 6.07) is 14.5. The van der Waals surface area contributed by atoms with Crippen LogP contribution >= 0.6 is 0 Å². The second kappa shape index (κ2) is 10.2. The maximum atomic E-state index is 13.1. The van der Waals surface area contributed by atoms with Crippen molar-refractivity contribution in [1.29, 1.82) is 0 Å². The Morgan fingerprint density at radius 3 is 2.30 bits per heavy atom. The normalized spacial score (nSPS) is 10.2.